The summed E-state index contributed by atoms with van der Waals surface area (Å²) in [6, 6.07) is 27.8. The molecule has 8 saturated carbocycles. The number of nitrogens with two attached hydrogens (primary N) is 2. The Morgan fingerprint density at radius 2 is 1.06 bits per heavy atom. The Kier molecular flexibility index (Phi) is 5.68. The molecule has 9 atom stereocenters. The molecular formula is C41H42N2O4. The molecule has 0 amide bonds. The third kappa shape index (κ3) is 3.78. The van der Waals surface area contributed by atoms with E-state index in [1.54, 1.807) is 36.4 Å². The normalized spacial score (nSPS) is 34.8. The van der Waals surface area contributed by atoms with Crippen LogP contribution in [0, 0.1) is 52.8 Å². The molecular weight excluding hydrogens is 584 g/mol. The van der Waals surface area contributed by atoms with Crippen molar-refractivity contribution < 1.29 is 19.7 Å². The molecule has 0 aromatic heterocycles. The number of benzene rings is 4. The molecule has 8 fully saturated rings. The summed E-state index contributed by atoms with van der Waals surface area (Å²) in [7, 11) is 0. The lowest BCUT2D eigenvalue weighted by atomic mass is 9.24. The minimum absolute atomic E-state index is 0.0284. The average Bonchev–Trinajstić information content (AvgIpc) is 3.05. The molecule has 47 heavy (non-hydrogen) atoms. The van der Waals surface area contributed by atoms with Crippen LogP contribution >= 0.6 is 0 Å². The van der Waals surface area contributed by atoms with Gasteiger partial charge in [0.15, 0.2) is 0 Å². The van der Waals surface area contributed by atoms with Crippen LogP contribution in [-0.4, -0.2) is 10.2 Å². The second-order valence-corrected chi connectivity index (χ2v) is 15.9. The predicted molar refractivity (Wildman–Crippen MR) is 182 cm³/mol. The Hall–Kier alpha value is -4.32. The smallest absolute Gasteiger partial charge is 0.142 e. The molecule has 9 bridgehead atoms. The Morgan fingerprint density at radius 3 is 1.62 bits per heavy atom. The van der Waals surface area contributed by atoms with Crippen molar-refractivity contribution in [1.82, 2.24) is 0 Å². The van der Waals surface area contributed by atoms with Crippen LogP contribution in [0.25, 0.3) is 0 Å². The molecule has 8 aliphatic rings. The highest BCUT2D eigenvalue weighted by atomic mass is 16.5. The molecule has 0 radical (unpaired) electrons. The lowest BCUT2D eigenvalue weighted by Crippen LogP contribution is -2.74. The zero-order valence-corrected chi connectivity index (χ0v) is 26.5. The van der Waals surface area contributed by atoms with Crippen molar-refractivity contribution in [2.24, 2.45) is 52.8 Å². The Labute approximate surface area is 275 Å². The topological polar surface area (TPSA) is 111 Å². The van der Waals surface area contributed by atoms with Gasteiger partial charge in [0.1, 0.15) is 34.5 Å². The standard InChI is InChI=1S/C41H42N2O4/c42-34-11-9-31(18-36(34)44)46-29-5-1-26(2-6-29)41(27-3-7-30(8-4-27)47-32-10-12-35(43)37(45)19-32)28-16-25-17-33(41)39-24-14-22-13-23(15-24)38(25)40(39,20-22)21-28/h1-12,18-19,22-25,28,33,38-39,44-45H,13-17,20-21,42-43H2. The lowest BCUT2D eigenvalue weighted by Gasteiger charge is -2.80. The van der Waals surface area contributed by atoms with E-state index < -0.39 is 0 Å². The quantitative estimate of drug-likeness (QED) is 0.126. The second-order valence-electron chi connectivity index (χ2n) is 15.9. The first kappa shape index (κ1) is 27.8. The molecule has 0 aliphatic heterocycles. The van der Waals surface area contributed by atoms with Gasteiger partial charge in [0.25, 0.3) is 0 Å². The van der Waals surface area contributed by atoms with E-state index in [4.69, 9.17) is 20.9 Å². The summed E-state index contributed by atoms with van der Waals surface area (Å²) >= 11 is 0. The monoisotopic (exact) mass is 626 g/mol. The second kappa shape index (κ2) is 9.62. The van der Waals surface area contributed by atoms with Gasteiger partial charge in [0, 0.05) is 17.5 Å². The van der Waals surface area contributed by atoms with Crippen LogP contribution in [0.15, 0.2) is 84.9 Å². The molecule has 240 valence electrons. The van der Waals surface area contributed by atoms with Gasteiger partial charge in [-0.25, -0.2) is 0 Å². The zero-order chi connectivity index (χ0) is 31.7. The predicted octanol–water partition coefficient (Wildman–Crippen LogP) is 8.86. The molecule has 9 unspecified atom stereocenters. The first-order valence-electron chi connectivity index (χ1n) is 17.6. The van der Waals surface area contributed by atoms with Crippen molar-refractivity contribution in [1.29, 1.82) is 0 Å². The van der Waals surface area contributed by atoms with Gasteiger partial charge >= 0.3 is 0 Å². The summed E-state index contributed by atoms with van der Waals surface area (Å²) in [6.45, 7) is 0. The van der Waals surface area contributed by atoms with E-state index >= 15 is 0 Å². The lowest BCUT2D eigenvalue weighted by molar-refractivity contribution is -0.293. The van der Waals surface area contributed by atoms with Gasteiger partial charge in [-0.15, -0.1) is 0 Å². The van der Waals surface area contributed by atoms with Crippen molar-refractivity contribution in [3.63, 3.8) is 0 Å². The number of aromatic hydroxyl groups is 2. The van der Waals surface area contributed by atoms with Gasteiger partial charge < -0.3 is 31.2 Å². The van der Waals surface area contributed by atoms with E-state index in [1.807, 2.05) is 0 Å². The fourth-order valence-corrected chi connectivity index (χ4v) is 13.2. The van der Waals surface area contributed by atoms with E-state index in [0.717, 1.165) is 47.0 Å². The van der Waals surface area contributed by atoms with E-state index in [-0.39, 0.29) is 16.9 Å². The van der Waals surface area contributed by atoms with Crippen LogP contribution in [0.3, 0.4) is 0 Å². The van der Waals surface area contributed by atoms with Crippen molar-refractivity contribution in [2.75, 3.05) is 11.5 Å². The molecule has 0 heterocycles. The van der Waals surface area contributed by atoms with Crippen LogP contribution < -0.4 is 20.9 Å². The maximum Gasteiger partial charge on any atom is 0.142 e. The minimum Gasteiger partial charge on any atom is -0.506 e. The molecule has 4 aromatic carbocycles. The number of hydrogen-bond acceptors (Lipinski definition) is 6. The Balaban J connectivity index is 1.06. The fourth-order valence-electron chi connectivity index (χ4n) is 13.2. The van der Waals surface area contributed by atoms with E-state index in [1.165, 1.54) is 56.1 Å². The molecule has 6 N–H and O–H groups in total. The highest BCUT2D eigenvalue weighted by molar-refractivity contribution is 5.57. The summed E-state index contributed by atoms with van der Waals surface area (Å²) in [4.78, 5) is 0. The number of rotatable bonds is 6. The zero-order valence-electron chi connectivity index (χ0n) is 26.5. The summed E-state index contributed by atoms with van der Waals surface area (Å²) in [5.74, 6) is 9.38. The summed E-state index contributed by atoms with van der Waals surface area (Å²) in [5, 5.41) is 20.2. The number of phenols is 2. The third-order valence-corrected chi connectivity index (χ3v) is 14.0. The van der Waals surface area contributed by atoms with Crippen LogP contribution in [-0.2, 0) is 5.41 Å². The summed E-state index contributed by atoms with van der Waals surface area (Å²) in [5.41, 5.74) is 15.6. The average molecular weight is 627 g/mol. The Bertz CT molecular complexity index is 1790. The molecule has 1 spiro atoms. The van der Waals surface area contributed by atoms with E-state index in [9.17, 15) is 10.2 Å². The highest BCUT2D eigenvalue weighted by Gasteiger charge is 2.76. The molecule has 12 rings (SSSR count). The van der Waals surface area contributed by atoms with Crippen LogP contribution in [0.4, 0.5) is 11.4 Å². The molecule has 6 nitrogen and oxygen atoms in total. The summed E-state index contributed by atoms with van der Waals surface area (Å²) in [6.07, 6.45) is 9.93. The fraction of sp³-hybridized carbons (Fsp3) is 0.415. The minimum atomic E-state index is -0.0667. The van der Waals surface area contributed by atoms with Crippen molar-refractivity contribution in [3.05, 3.63) is 96.1 Å². The molecule has 4 aromatic rings. The SMILES string of the molecule is Nc1ccc(Oc2ccc(C3(c4ccc(Oc5ccc(N)c(O)c5)cc4)C4CC5CC3C3C6CC7CC(C6)C5C3(C7)C4)cc2)cc1O. The van der Waals surface area contributed by atoms with Gasteiger partial charge in [-0.05, 0) is 157 Å². The van der Waals surface area contributed by atoms with Gasteiger partial charge in [-0.1, -0.05) is 24.3 Å². The van der Waals surface area contributed by atoms with Crippen molar-refractivity contribution in [3.8, 4) is 34.5 Å². The maximum atomic E-state index is 10.1. The highest BCUT2D eigenvalue weighted by Crippen LogP contribution is 2.82. The number of hydrogen-bond donors (Lipinski definition) is 4. The van der Waals surface area contributed by atoms with Gasteiger partial charge in [-0.2, -0.15) is 0 Å². The number of anilines is 2. The number of nitrogen functional groups attached to an aromatic ring is 2. The Morgan fingerprint density at radius 1 is 0.553 bits per heavy atom. The van der Waals surface area contributed by atoms with Gasteiger partial charge in [0.05, 0.1) is 11.4 Å². The van der Waals surface area contributed by atoms with Crippen LogP contribution in [0.5, 0.6) is 34.5 Å². The largest absolute Gasteiger partial charge is 0.506 e. The first-order chi connectivity index (χ1) is 22.8. The van der Waals surface area contributed by atoms with Gasteiger partial charge in [0.2, 0.25) is 0 Å². The third-order valence-electron chi connectivity index (χ3n) is 14.0. The van der Waals surface area contributed by atoms with Crippen molar-refractivity contribution >= 4 is 11.4 Å². The van der Waals surface area contributed by atoms with E-state index in [0.29, 0.717) is 40.1 Å². The van der Waals surface area contributed by atoms with Gasteiger partial charge in [-0.3, -0.25) is 0 Å². The summed E-state index contributed by atoms with van der Waals surface area (Å²) < 4.78 is 12.4. The van der Waals surface area contributed by atoms with Crippen molar-refractivity contribution in [2.45, 2.75) is 50.4 Å². The number of ether oxygens (including phenoxy) is 2. The van der Waals surface area contributed by atoms with E-state index in [2.05, 4.69) is 48.5 Å². The van der Waals surface area contributed by atoms with Crippen LogP contribution in [0.2, 0.25) is 0 Å². The molecule has 0 saturated heterocycles. The first-order valence-corrected chi connectivity index (χ1v) is 17.6. The molecule has 6 heteroatoms. The maximum absolute atomic E-state index is 10.1. The number of phenolic OH excluding ortho intramolecular Hbond substituents is 2. The molecule has 8 aliphatic carbocycles. The van der Waals surface area contributed by atoms with Crippen LogP contribution in [0.1, 0.15) is 56.1 Å².